The summed E-state index contributed by atoms with van der Waals surface area (Å²) >= 11 is 0. The van der Waals surface area contributed by atoms with E-state index in [-0.39, 0.29) is 30.4 Å². The third kappa shape index (κ3) is 5.25. The van der Waals surface area contributed by atoms with Crippen molar-refractivity contribution in [1.82, 2.24) is 14.9 Å². The quantitative estimate of drug-likeness (QED) is 0.672. The first-order valence-electron chi connectivity index (χ1n) is 11.2. The number of fused-ring (bicyclic) bond motifs is 1. The number of aromatic nitrogens is 2. The second-order valence-electron chi connectivity index (χ2n) is 8.51. The number of carbonyl (C=O) groups excluding carboxylic acids is 1. The summed E-state index contributed by atoms with van der Waals surface area (Å²) in [6, 6.07) is 8.81. The van der Waals surface area contributed by atoms with E-state index in [1.807, 2.05) is 11.8 Å². The Morgan fingerprint density at radius 1 is 1.19 bits per heavy atom. The van der Waals surface area contributed by atoms with E-state index in [4.69, 9.17) is 10.5 Å². The van der Waals surface area contributed by atoms with Gasteiger partial charge in [-0.25, -0.2) is 0 Å². The number of hydrogen-bond donors (Lipinski definition) is 2. The molecule has 31 heavy (non-hydrogen) atoms. The van der Waals surface area contributed by atoms with Gasteiger partial charge in [-0.05, 0) is 50.4 Å². The molecular weight excluding hydrogens is 392 g/mol. The Balaban J connectivity index is 1.55. The van der Waals surface area contributed by atoms with E-state index in [9.17, 15) is 4.79 Å². The minimum atomic E-state index is -0.121. The molecule has 166 valence electrons. The Morgan fingerprint density at radius 3 is 2.68 bits per heavy atom. The number of nitrogens with one attached hydrogen (secondary N) is 1. The largest absolute Gasteiger partial charge is 0.460 e. The monoisotopic (exact) mass is 424 g/mol. The van der Waals surface area contributed by atoms with E-state index in [0.29, 0.717) is 18.1 Å². The van der Waals surface area contributed by atoms with E-state index in [1.54, 1.807) is 0 Å². The summed E-state index contributed by atoms with van der Waals surface area (Å²) in [7, 11) is 0. The summed E-state index contributed by atoms with van der Waals surface area (Å²) in [5.74, 6) is 0.712. The van der Waals surface area contributed by atoms with Crippen molar-refractivity contribution in [1.29, 1.82) is 0 Å². The lowest BCUT2D eigenvalue weighted by Crippen LogP contribution is -2.39. The third-order valence-electron chi connectivity index (χ3n) is 5.77. The minimum Gasteiger partial charge on any atom is -0.460 e. The van der Waals surface area contributed by atoms with Gasteiger partial charge in [-0.15, -0.1) is 0 Å². The van der Waals surface area contributed by atoms with Crippen molar-refractivity contribution < 1.29 is 9.53 Å². The predicted molar refractivity (Wildman–Crippen MR) is 122 cm³/mol. The standard InChI is InChI=1S/C23H32N6O2/c1-3-7-16(2)31-23-26-21(24)20-22(27-23)29(15-19(30)25-20)14-18-9-6-8-17(12-18)13-28-10-4-5-11-28/h6,8-9,12,16H,3-5,7,10-11,13-15H2,1-2H3,(H,25,30)(H2,24,26,27)/t16-/m0/s1. The molecule has 8 heteroatoms. The van der Waals surface area contributed by atoms with Crippen LogP contribution in [0.25, 0.3) is 0 Å². The van der Waals surface area contributed by atoms with Crippen LogP contribution in [0.15, 0.2) is 24.3 Å². The second kappa shape index (κ2) is 9.51. The summed E-state index contributed by atoms with van der Waals surface area (Å²) in [5, 5.41) is 2.82. The van der Waals surface area contributed by atoms with Crippen LogP contribution < -0.4 is 20.7 Å². The van der Waals surface area contributed by atoms with E-state index in [2.05, 4.69) is 51.4 Å². The van der Waals surface area contributed by atoms with Crippen LogP contribution in [0.1, 0.15) is 50.7 Å². The number of nitrogens with zero attached hydrogens (tertiary/aromatic N) is 4. The van der Waals surface area contributed by atoms with Gasteiger partial charge >= 0.3 is 6.01 Å². The molecule has 8 nitrogen and oxygen atoms in total. The van der Waals surface area contributed by atoms with Gasteiger partial charge in [0.05, 0.1) is 12.6 Å². The maximum absolute atomic E-state index is 12.3. The van der Waals surface area contributed by atoms with Gasteiger partial charge in [-0.3, -0.25) is 9.69 Å². The van der Waals surface area contributed by atoms with E-state index in [1.165, 1.54) is 31.5 Å². The van der Waals surface area contributed by atoms with Crippen LogP contribution in [-0.2, 0) is 17.9 Å². The molecule has 0 bridgehead atoms. The molecule has 2 aliphatic rings. The summed E-state index contributed by atoms with van der Waals surface area (Å²) in [6.45, 7) is 8.18. The molecule has 1 saturated heterocycles. The highest BCUT2D eigenvalue weighted by atomic mass is 16.5. The number of amides is 1. The van der Waals surface area contributed by atoms with Gasteiger partial charge in [-0.2, -0.15) is 9.97 Å². The zero-order valence-corrected chi connectivity index (χ0v) is 18.4. The van der Waals surface area contributed by atoms with Crippen LogP contribution in [0.2, 0.25) is 0 Å². The lowest BCUT2D eigenvalue weighted by Gasteiger charge is -2.30. The SMILES string of the molecule is CCC[C@H](C)Oc1nc(N)c2c(n1)N(Cc1cccc(CN3CCCC3)c1)CC(=O)N2. The first kappa shape index (κ1) is 21.4. The van der Waals surface area contributed by atoms with Crippen molar-refractivity contribution in [3.05, 3.63) is 35.4 Å². The van der Waals surface area contributed by atoms with Gasteiger partial charge < -0.3 is 20.7 Å². The van der Waals surface area contributed by atoms with Crippen LogP contribution in [0.3, 0.4) is 0 Å². The van der Waals surface area contributed by atoms with Gasteiger partial charge in [0.2, 0.25) is 5.91 Å². The maximum atomic E-state index is 12.3. The summed E-state index contributed by atoms with van der Waals surface area (Å²) in [5.41, 5.74) is 9.03. The lowest BCUT2D eigenvalue weighted by molar-refractivity contribution is -0.115. The number of anilines is 3. The molecule has 1 aromatic heterocycles. The highest BCUT2D eigenvalue weighted by Gasteiger charge is 2.28. The Bertz CT molecular complexity index is 928. The molecule has 0 aliphatic carbocycles. The van der Waals surface area contributed by atoms with Crippen molar-refractivity contribution >= 4 is 23.2 Å². The summed E-state index contributed by atoms with van der Waals surface area (Å²) in [4.78, 5) is 25.6. The molecule has 2 aliphatic heterocycles. The molecule has 3 heterocycles. The first-order valence-corrected chi connectivity index (χ1v) is 11.2. The molecule has 0 saturated carbocycles. The first-order chi connectivity index (χ1) is 15.0. The normalized spacial score (nSPS) is 17.4. The highest BCUT2D eigenvalue weighted by Crippen LogP contribution is 2.34. The van der Waals surface area contributed by atoms with Crippen molar-refractivity contribution in [2.75, 3.05) is 35.6 Å². The lowest BCUT2D eigenvalue weighted by atomic mass is 10.1. The Morgan fingerprint density at radius 2 is 1.94 bits per heavy atom. The molecule has 3 N–H and O–H groups in total. The van der Waals surface area contributed by atoms with Crippen molar-refractivity contribution in [2.24, 2.45) is 0 Å². The average Bonchev–Trinajstić information content (AvgIpc) is 3.22. The molecule has 1 amide bonds. The topological polar surface area (TPSA) is 96.6 Å². The van der Waals surface area contributed by atoms with Gasteiger partial charge in [0.25, 0.3) is 0 Å². The molecule has 0 spiro atoms. The average molecular weight is 425 g/mol. The van der Waals surface area contributed by atoms with E-state index in [0.717, 1.165) is 24.9 Å². The Hall–Kier alpha value is -2.87. The highest BCUT2D eigenvalue weighted by molar-refractivity contribution is 6.03. The number of benzene rings is 1. The molecule has 1 aromatic carbocycles. The van der Waals surface area contributed by atoms with Crippen LogP contribution >= 0.6 is 0 Å². The Labute approximate surface area is 183 Å². The number of rotatable bonds is 8. The molecule has 0 unspecified atom stereocenters. The van der Waals surface area contributed by atoms with E-state index < -0.39 is 0 Å². The summed E-state index contributed by atoms with van der Waals surface area (Å²) in [6.07, 6.45) is 4.47. The van der Waals surface area contributed by atoms with Crippen LogP contribution in [-0.4, -0.2) is 46.5 Å². The fraction of sp³-hybridized carbons (Fsp3) is 0.522. The van der Waals surface area contributed by atoms with Crippen molar-refractivity contribution in [3.63, 3.8) is 0 Å². The number of nitrogens with two attached hydrogens (primary N) is 1. The number of nitrogen functional groups attached to an aromatic ring is 1. The smallest absolute Gasteiger partial charge is 0.320 e. The van der Waals surface area contributed by atoms with Crippen LogP contribution in [0, 0.1) is 0 Å². The predicted octanol–water partition coefficient (Wildman–Crippen LogP) is 3.18. The second-order valence-corrected chi connectivity index (χ2v) is 8.51. The number of likely N-dealkylation sites (tertiary alicyclic amines) is 1. The van der Waals surface area contributed by atoms with Gasteiger partial charge in [0.15, 0.2) is 11.6 Å². The molecule has 1 fully saturated rings. The zero-order chi connectivity index (χ0) is 21.8. The molecular formula is C23H32N6O2. The van der Waals surface area contributed by atoms with Crippen LogP contribution in [0.5, 0.6) is 6.01 Å². The number of carbonyl (C=O) groups is 1. The molecule has 1 atom stereocenters. The van der Waals surface area contributed by atoms with Gasteiger partial charge in [-0.1, -0.05) is 37.6 Å². The number of hydrogen-bond acceptors (Lipinski definition) is 7. The summed E-state index contributed by atoms with van der Waals surface area (Å²) < 4.78 is 5.87. The zero-order valence-electron chi connectivity index (χ0n) is 18.4. The van der Waals surface area contributed by atoms with Gasteiger partial charge in [0, 0.05) is 13.1 Å². The fourth-order valence-electron chi connectivity index (χ4n) is 4.30. The molecule has 0 radical (unpaired) electrons. The molecule has 4 rings (SSSR count). The number of ether oxygens (including phenoxy) is 1. The fourth-order valence-corrected chi connectivity index (χ4v) is 4.30. The van der Waals surface area contributed by atoms with E-state index >= 15 is 0 Å². The van der Waals surface area contributed by atoms with Crippen molar-refractivity contribution in [3.8, 4) is 6.01 Å². The maximum Gasteiger partial charge on any atom is 0.320 e. The molecule has 2 aromatic rings. The Kier molecular flexibility index (Phi) is 6.56. The van der Waals surface area contributed by atoms with Crippen LogP contribution in [0.4, 0.5) is 17.3 Å². The van der Waals surface area contributed by atoms with Crippen molar-refractivity contribution in [2.45, 2.75) is 58.7 Å². The minimum absolute atomic E-state index is 0.00338. The van der Waals surface area contributed by atoms with Gasteiger partial charge in [0.1, 0.15) is 5.69 Å². The third-order valence-corrected chi connectivity index (χ3v) is 5.77.